The van der Waals surface area contributed by atoms with Gasteiger partial charge in [-0.3, -0.25) is 0 Å². The largest absolute Gasteiger partial charge is 0.489 e. The van der Waals surface area contributed by atoms with E-state index in [1.54, 1.807) is 18.2 Å². The third-order valence-corrected chi connectivity index (χ3v) is 2.54. The average molecular weight is 263 g/mol. The molecule has 1 aromatic carbocycles. The van der Waals surface area contributed by atoms with Crippen LogP contribution in [-0.2, 0) is 6.61 Å². The van der Waals surface area contributed by atoms with Crippen molar-refractivity contribution >= 4 is 11.6 Å². The van der Waals surface area contributed by atoms with E-state index in [-0.39, 0.29) is 11.6 Å². The summed E-state index contributed by atoms with van der Waals surface area (Å²) in [7, 11) is 0. The summed E-state index contributed by atoms with van der Waals surface area (Å²) >= 11 is 5.56. The Hall–Kier alpha value is -2.12. The minimum atomic E-state index is -0.526. The molecule has 2 rings (SSSR count). The van der Waals surface area contributed by atoms with Crippen LogP contribution in [0.5, 0.6) is 5.75 Å². The molecule has 0 fully saturated rings. The Morgan fingerprint density at radius 1 is 1.33 bits per heavy atom. The van der Waals surface area contributed by atoms with Crippen molar-refractivity contribution in [2.24, 2.45) is 0 Å². The summed E-state index contributed by atoms with van der Waals surface area (Å²) in [5.41, 5.74) is 1.11. The van der Waals surface area contributed by atoms with Crippen molar-refractivity contribution in [1.29, 1.82) is 5.26 Å². The fourth-order valence-electron chi connectivity index (χ4n) is 1.36. The second-order valence-electron chi connectivity index (χ2n) is 3.53. The second kappa shape index (κ2) is 5.48. The molecule has 90 valence electrons. The van der Waals surface area contributed by atoms with E-state index in [9.17, 15) is 4.39 Å². The lowest BCUT2D eigenvalue weighted by Gasteiger charge is -2.06. The summed E-state index contributed by atoms with van der Waals surface area (Å²) < 4.78 is 18.6. The number of hydrogen-bond donors (Lipinski definition) is 0. The Balaban J connectivity index is 2.07. The summed E-state index contributed by atoms with van der Waals surface area (Å²) in [6, 6.07) is 9.51. The number of halogens is 2. The normalized spacial score (nSPS) is 9.83. The Labute approximate surface area is 108 Å². The highest BCUT2D eigenvalue weighted by atomic mass is 35.5. The molecule has 0 saturated carbocycles. The maximum Gasteiger partial charge on any atom is 0.145 e. The van der Waals surface area contributed by atoms with Gasteiger partial charge in [0.25, 0.3) is 0 Å². The van der Waals surface area contributed by atoms with Crippen LogP contribution < -0.4 is 4.74 Å². The van der Waals surface area contributed by atoms with Crippen LogP contribution in [0.3, 0.4) is 0 Å². The molecule has 1 heterocycles. The van der Waals surface area contributed by atoms with Crippen molar-refractivity contribution in [2.45, 2.75) is 6.61 Å². The molecule has 0 radical (unpaired) electrons. The minimum Gasteiger partial charge on any atom is -0.489 e. The number of ether oxygens (including phenoxy) is 1. The topological polar surface area (TPSA) is 45.9 Å². The molecule has 0 aliphatic rings. The third kappa shape index (κ3) is 2.96. The van der Waals surface area contributed by atoms with Gasteiger partial charge in [0.05, 0.1) is 5.02 Å². The minimum absolute atomic E-state index is 0.0537. The molecule has 0 saturated heterocycles. The average Bonchev–Trinajstić information content (AvgIpc) is 2.40. The van der Waals surface area contributed by atoms with Gasteiger partial charge in [-0.05, 0) is 29.8 Å². The first-order chi connectivity index (χ1) is 8.69. The fraction of sp³-hybridized carbons (Fsp3) is 0.0769. The van der Waals surface area contributed by atoms with Gasteiger partial charge < -0.3 is 4.74 Å². The van der Waals surface area contributed by atoms with Crippen LogP contribution >= 0.6 is 11.6 Å². The van der Waals surface area contributed by atoms with E-state index in [1.165, 1.54) is 18.3 Å². The number of aromatic nitrogens is 1. The predicted octanol–water partition coefficient (Wildman–Crippen LogP) is 3.32. The number of rotatable bonds is 3. The van der Waals surface area contributed by atoms with E-state index in [2.05, 4.69) is 4.98 Å². The maximum absolute atomic E-state index is 13.2. The second-order valence-corrected chi connectivity index (χ2v) is 3.93. The van der Waals surface area contributed by atoms with Gasteiger partial charge >= 0.3 is 0 Å². The van der Waals surface area contributed by atoms with Gasteiger partial charge in [-0.15, -0.1) is 0 Å². The molecule has 0 bridgehead atoms. The third-order valence-electron chi connectivity index (χ3n) is 2.24. The number of hydrogen-bond acceptors (Lipinski definition) is 3. The molecule has 0 amide bonds. The summed E-state index contributed by atoms with van der Waals surface area (Å²) in [6.07, 6.45) is 1.53. The number of benzene rings is 1. The number of pyridine rings is 1. The Kier molecular flexibility index (Phi) is 3.75. The predicted molar refractivity (Wildman–Crippen MR) is 64.7 cm³/mol. The van der Waals surface area contributed by atoms with E-state index in [1.807, 2.05) is 6.07 Å². The highest BCUT2D eigenvalue weighted by Gasteiger charge is 2.03. The standard InChI is InChI=1S/C13H8ClFN2O/c14-12-2-1-11(6-13(12)15)18-8-9-3-4-17-10(5-9)7-16/h1-6H,8H2. The Morgan fingerprint density at radius 3 is 2.89 bits per heavy atom. The van der Waals surface area contributed by atoms with Gasteiger partial charge in [0.15, 0.2) is 0 Å². The molecule has 0 atom stereocenters. The van der Waals surface area contributed by atoms with Crippen molar-refractivity contribution in [3.63, 3.8) is 0 Å². The molecule has 0 aliphatic heterocycles. The molecule has 3 nitrogen and oxygen atoms in total. The van der Waals surface area contributed by atoms with Gasteiger partial charge in [-0.25, -0.2) is 9.37 Å². The molecule has 2 aromatic rings. The quantitative estimate of drug-likeness (QED) is 0.852. The molecule has 0 unspecified atom stereocenters. The molecule has 0 N–H and O–H groups in total. The van der Waals surface area contributed by atoms with Crippen LogP contribution in [0.15, 0.2) is 36.5 Å². The zero-order chi connectivity index (χ0) is 13.0. The van der Waals surface area contributed by atoms with Gasteiger partial charge in [0, 0.05) is 12.3 Å². The lowest BCUT2D eigenvalue weighted by Crippen LogP contribution is -1.97. The first-order valence-electron chi connectivity index (χ1n) is 5.12. The lowest BCUT2D eigenvalue weighted by molar-refractivity contribution is 0.304. The van der Waals surface area contributed by atoms with E-state index in [0.717, 1.165) is 5.56 Å². The summed E-state index contributed by atoms with van der Waals surface area (Å²) in [5.74, 6) is -0.145. The zero-order valence-electron chi connectivity index (χ0n) is 9.23. The molecule has 0 aliphatic carbocycles. The summed E-state index contributed by atoms with van der Waals surface area (Å²) in [6.45, 7) is 0.234. The van der Waals surface area contributed by atoms with Crippen molar-refractivity contribution in [3.8, 4) is 11.8 Å². The summed E-state index contributed by atoms with van der Waals surface area (Å²) in [5, 5.41) is 8.75. The monoisotopic (exact) mass is 262 g/mol. The van der Waals surface area contributed by atoms with Gasteiger partial charge in [0.2, 0.25) is 0 Å². The van der Waals surface area contributed by atoms with Crippen LogP contribution in [0.4, 0.5) is 4.39 Å². The first kappa shape index (κ1) is 12.3. The first-order valence-corrected chi connectivity index (χ1v) is 5.50. The van der Waals surface area contributed by atoms with Crippen LogP contribution in [0.2, 0.25) is 5.02 Å². The maximum atomic E-state index is 13.2. The molecular formula is C13H8ClFN2O. The van der Waals surface area contributed by atoms with Crippen LogP contribution in [0.25, 0.3) is 0 Å². The Bertz CT molecular complexity index is 610. The summed E-state index contributed by atoms with van der Waals surface area (Å²) in [4.78, 5) is 3.84. The van der Waals surface area contributed by atoms with Crippen molar-refractivity contribution in [3.05, 3.63) is 58.6 Å². The lowest BCUT2D eigenvalue weighted by atomic mass is 10.2. The van der Waals surface area contributed by atoms with Crippen LogP contribution in [0, 0.1) is 17.1 Å². The number of nitriles is 1. The molecule has 18 heavy (non-hydrogen) atoms. The van der Waals surface area contributed by atoms with Crippen molar-refractivity contribution in [2.75, 3.05) is 0 Å². The van der Waals surface area contributed by atoms with Crippen LogP contribution in [0.1, 0.15) is 11.3 Å². The van der Waals surface area contributed by atoms with Gasteiger partial charge in [0.1, 0.15) is 29.9 Å². The van der Waals surface area contributed by atoms with Crippen molar-refractivity contribution < 1.29 is 9.13 Å². The van der Waals surface area contributed by atoms with E-state index >= 15 is 0 Å². The molecular weight excluding hydrogens is 255 g/mol. The highest BCUT2D eigenvalue weighted by Crippen LogP contribution is 2.21. The SMILES string of the molecule is N#Cc1cc(COc2ccc(Cl)c(F)c2)ccn1. The molecule has 1 aromatic heterocycles. The highest BCUT2D eigenvalue weighted by molar-refractivity contribution is 6.30. The van der Waals surface area contributed by atoms with E-state index in [4.69, 9.17) is 21.6 Å². The number of nitrogens with zero attached hydrogens (tertiary/aromatic N) is 2. The van der Waals surface area contributed by atoms with E-state index in [0.29, 0.717) is 11.4 Å². The van der Waals surface area contributed by atoms with Gasteiger partial charge in [-0.1, -0.05) is 11.6 Å². The van der Waals surface area contributed by atoms with E-state index < -0.39 is 5.82 Å². The molecule has 5 heteroatoms. The zero-order valence-corrected chi connectivity index (χ0v) is 9.99. The van der Waals surface area contributed by atoms with Crippen LogP contribution in [-0.4, -0.2) is 4.98 Å². The smallest absolute Gasteiger partial charge is 0.145 e. The fourth-order valence-corrected chi connectivity index (χ4v) is 1.48. The van der Waals surface area contributed by atoms with Gasteiger partial charge in [-0.2, -0.15) is 5.26 Å². The molecule has 0 spiro atoms. The Morgan fingerprint density at radius 2 is 2.17 bits per heavy atom. The van der Waals surface area contributed by atoms with Crippen molar-refractivity contribution in [1.82, 2.24) is 4.98 Å².